The standard InChI is InChI=1S/C24H29N5O3/c25-22(26)20-10-9-16(13-27-20)14-28-23(32)24(11-4-12-29(24)21(31)15-30)19-8-3-6-17-5-1-2-7-18(17)19/h1-2,5,7,9-10,13,19,30H,3-4,6,8,11-12,14-15H2,(H3,25,26)(H,28,32)/t19?,24-/m1/s1. The number of amidine groups is 1. The number of carbonyl (C=O) groups is 2. The first kappa shape index (κ1) is 22.0. The van der Waals surface area contributed by atoms with E-state index in [2.05, 4.69) is 22.4 Å². The molecule has 0 radical (unpaired) electrons. The first-order chi connectivity index (χ1) is 15.5. The number of nitrogen functional groups attached to an aromatic ring is 1. The Balaban J connectivity index is 1.65. The van der Waals surface area contributed by atoms with E-state index in [0.717, 1.165) is 30.4 Å². The Bertz CT molecular complexity index is 1020. The molecule has 1 aromatic heterocycles. The van der Waals surface area contributed by atoms with Crippen LogP contribution < -0.4 is 11.1 Å². The third-order valence-electron chi connectivity index (χ3n) is 6.75. The third kappa shape index (κ3) is 3.86. The molecule has 1 aliphatic carbocycles. The second kappa shape index (κ2) is 9.08. The predicted octanol–water partition coefficient (Wildman–Crippen LogP) is 1.46. The lowest BCUT2D eigenvalue weighted by atomic mass is 9.69. The number of hydrogen-bond donors (Lipinski definition) is 4. The van der Waals surface area contributed by atoms with E-state index in [1.165, 1.54) is 5.56 Å². The van der Waals surface area contributed by atoms with Crippen LogP contribution in [0.5, 0.6) is 0 Å². The molecule has 2 amide bonds. The maximum atomic E-state index is 13.8. The minimum Gasteiger partial charge on any atom is -0.387 e. The van der Waals surface area contributed by atoms with Gasteiger partial charge in [-0.15, -0.1) is 0 Å². The van der Waals surface area contributed by atoms with E-state index in [9.17, 15) is 14.7 Å². The highest BCUT2D eigenvalue weighted by Crippen LogP contribution is 2.47. The SMILES string of the molecule is N=C(N)c1ccc(CNC(=O)[C@]2(C3CCCc4ccccc43)CCCN2C(=O)CO)cn1. The smallest absolute Gasteiger partial charge is 0.249 e. The van der Waals surface area contributed by atoms with Gasteiger partial charge in [-0.3, -0.25) is 20.0 Å². The fourth-order valence-electron chi connectivity index (χ4n) is 5.30. The number of aromatic nitrogens is 1. The topological polar surface area (TPSA) is 132 Å². The number of aliphatic hydroxyl groups is 1. The number of aryl methyl sites for hydroxylation is 1. The number of rotatable bonds is 6. The summed E-state index contributed by atoms with van der Waals surface area (Å²) in [5, 5.41) is 20.1. The van der Waals surface area contributed by atoms with Crippen LogP contribution in [0.2, 0.25) is 0 Å². The zero-order valence-corrected chi connectivity index (χ0v) is 18.0. The summed E-state index contributed by atoms with van der Waals surface area (Å²) in [6, 6.07) is 11.6. The maximum Gasteiger partial charge on any atom is 0.249 e. The van der Waals surface area contributed by atoms with Gasteiger partial charge in [-0.2, -0.15) is 0 Å². The van der Waals surface area contributed by atoms with Crippen molar-refractivity contribution in [3.8, 4) is 0 Å². The minimum atomic E-state index is -1.02. The Kier molecular flexibility index (Phi) is 6.23. The fourth-order valence-corrected chi connectivity index (χ4v) is 5.30. The van der Waals surface area contributed by atoms with Crippen LogP contribution in [-0.2, 0) is 22.6 Å². The van der Waals surface area contributed by atoms with Crippen LogP contribution >= 0.6 is 0 Å². The third-order valence-corrected chi connectivity index (χ3v) is 6.75. The van der Waals surface area contributed by atoms with Crippen LogP contribution in [-0.4, -0.2) is 51.3 Å². The number of fused-ring (bicyclic) bond motifs is 1. The Morgan fingerprint density at radius 2 is 2.06 bits per heavy atom. The van der Waals surface area contributed by atoms with Crippen LogP contribution in [0.1, 0.15) is 54.0 Å². The molecule has 168 valence electrons. The summed E-state index contributed by atoms with van der Waals surface area (Å²) >= 11 is 0. The summed E-state index contributed by atoms with van der Waals surface area (Å²) in [5.74, 6) is -0.842. The second-order valence-corrected chi connectivity index (χ2v) is 8.52. The normalized spacial score (nSPS) is 22.3. The van der Waals surface area contributed by atoms with Crippen molar-refractivity contribution in [2.45, 2.75) is 50.1 Å². The van der Waals surface area contributed by atoms with Crippen LogP contribution in [0.3, 0.4) is 0 Å². The highest BCUT2D eigenvalue weighted by atomic mass is 16.3. The van der Waals surface area contributed by atoms with Gasteiger partial charge in [0.1, 0.15) is 23.7 Å². The summed E-state index contributed by atoms with van der Waals surface area (Å²) in [5.41, 5.74) is 7.94. The van der Waals surface area contributed by atoms with Gasteiger partial charge in [-0.25, -0.2) is 0 Å². The van der Waals surface area contributed by atoms with Crippen molar-refractivity contribution in [1.82, 2.24) is 15.2 Å². The van der Waals surface area contributed by atoms with E-state index < -0.39 is 18.1 Å². The van der Waals surface area contributed by atoms with Crippen molar-refractivity contribution >= 4 is 17.6 Å². The molecule has 1 aliphatic heterocycles. The number of carbonyl (C=O) groups excluding carboxylic acids is 2. The molecule has 32 heavy (non-hydrogen) atoms. The number of nitrogens with one attached hydrogen (secondary N) is 2. The molecule has 8 nitrogen and oxygen atoms in total. The van der Waals surface area contributed by atoms with Crippen LogP contribution in [0.4, 0.5) is 0 Å². The molecular weight excluding hydrogens is 406 g/mol. The molecule has 0 saturated carbocycles. The summed E-state index contributed by atoms with van der Waals surface area (Å²) in [6.45, 7) is 0.0987. The lowest BCUT2D eigenvalue weighted by Gasteiger charge is -2.45. The van der Waals surface area contributed by atoms with Crippen molar-refractivity contribution in [2.24, 2.45) is 5.73 Å². The van der Waals surface area contributed by atoms with Gasteiger partial charge in [0.25, 0.3) is 0 Å². The first-order valence-corrected chi connectivity index (χ1v) is 11.0. The monoisotopic (exact) mass is 435 g/mol. The molecule has 1 fully saturated rings. The first-order valence-electron chi connectivity index (χ1n) is 11.0. The summed E-state index contributed by atoms with van der Waals surface area (Å²) in [4.78, 5) is 32.3. The number of aliphatic hydroxyl groups excluding tert-OH is 1. The molecule has 2 heterocycles. The van der Waals surface area contributed by atoms with Crippen molar-refractivity contribution in [1.29, 1.82) is 5.41 Å². The second-order valence-electron chi connectivity index (χ2n) is 8.52. The molecule has 2 aromatic rings. The molecule has 1 unspecified atom stereocenters. The summed E-state index contributed by atoms with van der Waals surface area (Å²) < 4.78 is 0. The lowest BCUT2D eigenvalue weighted by Crippen LogP contribution is -2.61. The molecule has 5 N–H and O–H groups in total. The van der Waals surface area contributed by atoms with Gasteiger partial charge in [0.15, 0.2) is 0 Å². The molecule has 1 saturated heterocycles. The number of pyridine rings is 1. The van der Waals surface area contributed by atoms with Crippen LogP contribution in [0.15, 0.2) is 42.6 Å². The molecule has 0 spiro atoms. The van der Waals surface area contributed by atoms with Gasteiger partial charge in [0.05, 0.1) is 0 Å². The van der Waals surface area contributed by atoms with E-state index in [-0.39, 0.29) is 24.2 Å². The maximum absolute atomic E-state index is 13.8. The number of nitrogens with two attached hydrogens (primary N) is 1. The average molecular weight is 436 g/mol. The molecule has 2 atom stereocenters. The minimum absolute atomic E-state index is 0.111. The van der Waals surface area contributed by atoms with E-state index in [0.29, 0.717) is 25.1 Å². The fraction of sp³-hybridized carbons (Fsp3) is 0.417. The number of nitrogens with zero attached hydrogens (tertiary/aromatic N) is 2. The molecule has 8 heteroatoms. The predicted molar refractivity (Wildman–Crippen MR) is 120 cm³/mol. The highest BCUT2D eigenvalue weighted by Gasteiger charge is 2.55. The zero-order valence-electron chi connectivity index (χ0n) is 18.0. The highest BCUT2D eigenvalue weighted by molar-refractivity contribution is 5.94. The van der Waals surface area contributed by atoms with Gasteiger partial charge in [-0.1, -0.05) is 30.3 Å². The van der Waals surface area contributed by atoms with Crippen molar-refractivity contribution in [3.05, 3.63) is 65.0 Å². The molecule has 0 bridgehead atoms. The lowest BCUT2D eigenvalue weighted by molar-refractivity contribution is -0.148. The number of likely N-dealkylation sites (tertiary alicyclic amines) is 1. The van der Waals surface area contributed by atoms with Gasteiger partial charge in [-0.05, 0) is 54.9 Å². The molecular formula is C24H29N5O3. The summed E-state index contributed by atoms with van der Waals surface area (Å²) in [7, 11) is 0. The van der Waals surface area contributed by atoms with Crippen LogP contribution in [0, 0.1) is 5.41 Å². The largest absolute Gasteiger partial charge is 0.387 e. The Morgan fingerprint density at radius 1 is 1.25 bits per heavy atom. The molecule has 1 aromatic carbocycles. The Labute approximate surface area is 187 Å². The quantitative estimate of drug-likeness (QED) is 0.403. The Hall–Kier alpha value is -3.26. The van der Waals surface area contributed by atoms with E-state index in [4.69, 9.17) is 11.1 Å². The zero-order chi connectivity index (χ0) is 22.7. The van der Waals surface area contributed by atoms with E-state index in [1.54, 1.807) is 23.2 Å². The Morgan fingerprint density at radius 3 is 2.78 bits per heavy atom. The van der Waals surface area contributed by atoms with Crippen molar-refractivity contribution in [2.75, 3.05) is 13.2 Å². The van der Waals surface area contributed by atoms with E-state index >= 15 is 0 Å². The average Bonchev–Trinajstić information content (AvgIpc) is 3.28. The van der Waals surface area contributed by atoms with E-state index in [1.807, 2.05) is 12.1 Å². The molecule has 4 rings (SSSR count). The van der Waals surface area contributed by atoms with Crippen molar-refractivity contribution in [3.63, 3.8) is 0 Å². The number of amides is 2. The molecule has 2 aliphatic rings. The van der Waals surface area contributed by atoms with Gasteiger partial charge < -0.3 is 21.1 Å². The van der Waals surface area contributed by atoms with Crippen molar-refractivity contribution < 1.29 is 14.7 Å². The number of benzene rings is 1. The van der Waals surface area contributed by atoms with Gasteiger partial charge in [0, 0.05) is 25.2 Å². The van der Waals surface area contributed by atoms with Gasteiger partial charge >= 0.3 is 0 Å². The van der Waals surface area contributed by atoms with Crippen LogP contribution in [0.25, 0.3) is 0 Å². The summed E-state index contributed by atoms with van der Waals surface area (Å²) in [6.07, 6.45) is 5.60. The number of hydrogen-bond acceptors (Lipinski definition) is 5. The van der Waals surface area contributed by atoms with Gasteiger partial charge in [0.2, 0.25) is 11.8 Å².